The maximum atomic E-state index is 13.0. The molecule has 0 amide bonds. The van der Waals surface area contributed by atoms with Gasteiger partial charge in [0.2, 0.25) is 0 Å². The van der Waals surface area contributed by atoms with Crippen LogP contribution in [0.4, 0.5) is 5.69 Å². The van der Waals surface area contributed by atoms with Crippen molar-refractivity contribution in [1.29, 1.82) is 0 Å². The zero-order chi connectivity index (χ0) is 21.2. The van der Waals surface area contributed by atoms with Gasteiger partial charge in [-0.15, -0.1) is 0 Å². The lowest BCUT2D eigenvalue weighted by atomic mass is 10.2. The van der Waals surface area contributed by atoms with Gasteiger partial charge in [0.25, 0.3) is 10.0 Å². The number of rotatable bonds is 7. The van der Waals surface area contributed by atoms with Crippen molar-refractivity contribution in [2.75, 3.05) is 18.0 Å². The first kappa shape index (κ1) is 20.7. The Bertz CT molecular complexity index is 1190. The molecule has 0 N–H and O–H groups in total. The summed E-state index contributed by atoms with van der Waals surface area (Å²) in [5.41, 5.74) is 1.92. The molecule has 2 aromatic carbocycles. The van der Waals surface area contributed by atoms with Gasteiger partial charge in [-0.1, -0.05) is 24.6 Å². The maximum absolute atomic E-state index is 13.0. The van der Waals surface area contributed by atoms with Crippen LogP contribution in [0.5, 0.6) is 0 Å². The number of anilines is 1. The van der Waals surface area contributed by atoms with E-state index in [1.54, 1.807) is 12.1 Å². The number of carbonyl (C=O) groups is 1. The highest BCUT2D eigenvalue weighted by Gasteiger charge is 2.23. The zero-order valence-corrected chi connectivity index (χ0v) is 17.2. The molecule has 0 saturated carbocycles. The number of aromatic nitrogens is 1. The number of hydrogen-bond donors (Lipinski definition) is 0. The Hall–Kier alpha value is -3.07. The Morgan fingerprint density at radius 2 is 1.86 bits per heavy atom. The van der Waals surface area contributed by atoms with Crippen molar-refractivity contribution >= 4 is 32.8 Å². The number of oxazole rings is 1. The van der Waals surface area contributed by atoms with E-state index < -0.39 is 21.7 Å². The second-order valence-corrected chi connectivity index (χ2v) is 8.58. The summed E-state index contributed by atoms with van der Waals surface area (Å²) in [6.07, 6.45) is 0.669. The topological polar surface area (TPSA) is 98.8 Å². The van der Waals surface area contributed by atoms with Crippen molar-refractivity contribution < 1.29 is 22.4 Å². The number of fused-ring (bicyclic) bond motifs is 1. The van der Waals surface area contributed by atoms with Gasteiger partial charge in [-0.2, -0.15) is 0 Å². The minimum Gasteiger partial charge on any atom is -0.464 e. The monoisotopic (exact) mass is 418 g/mol. The predicted molar refractivity (Wildman–Crippen MR) is 108 cm³/mol. The van der Waals surface area contributed by atoms with E-state index >= 15 is 0 Å². The third kappa shape index (κ3) is 4.19. The van der Waals surface area contributed by atoms with Crippen molar-refractivity contribution in [3.8, 4) is 0 Å². The first-order valence-electron chi connectivity index (χ1n) is 9.08. The highest BCUT2D eigenvalue weighted by atomic mass is 32.2. The van der Waals surface area contributed by atoms with Crippen molar-refractivity contribution in [2.24, 2.45) is 0 Å². The largest absolute Gasteiger partial charge is 0.464 e. The maximum Gasteiger partial charge on any atom is 0.420 e. The molecule has 1 heterocycles. The molecule has 0 aliphatic heterocycles. The average molecular weight is 418 g/mol. The van der Waals surface area contributed by atoms with Crippen LogP contribution >= 0.6 is 0 Å². The summed E-state index contributed by atoms with van der Waals surface area (Å²) in [6.45, 7) is 3.73. The number of esters is 1. The standard InChI is InChI=1S/C20H22N2O6S/c1-4-11-27-19(23)13-22-17-10-9-16(12-18(17)28-20(22)24)29(25,26)21(3)15-7-5-14(2)6-8-15/h5-10,12H,4,11,13H2,1-3H3. The molecule has 8 nitrogen and oxygen atoms in total. The molecule has 9 heteroatoms. The van der Waals surface area contributed by atoms with E-state index in [1.807, 2.05) is 26.0 Å². The van der Waals surface area contributed by atoms with Crippen molar-refractivity contribution in [2.45, 2.75) is 31.7 Å². The fourth-order valence-corrected chi connectivity index (χ4v) is 4.01. The molecule has 0 atom stereocenters. The summed E-state index contributed by atoms with van der Waals surface area (Å²) >= 11 is 0. The first-order chi connectivity index (χ1) is 13.7. The molecule has 0 bridgehead atoms. The second-order valence-electron chi connectivity index (χ2n) is 6.61. The Balaban J connectivity index is 1.94. The molecule has 0 aliphatic rings. The van der Waals surface area contributed by atoms with Crippen LogP contribution in [-0.4, -0.2) is 32.6 Å². The van der Waals surface area contributed by atoms with E-state index in [1.165, 1.54) is 25.2 Å². The van der Waals surface area contributed by atoms with Crippen LogP contribution in [0.25, 0.3) is 11.1 Å². The normalized spacial score (nSPS) is 11.6. The molecule has 0 radical (unpaired) electrons. The number of nitrogens with zero attached hydrogens (tertiary/aromatic N) is 2. The van der Waals surface area contributed by atoms with Crippen LogP contribution in [0, 0.1) is 6.92 Å². The molecule has 154 valence electrons. The predicted octanol–water partition coefficient (Wildman–Crippen LogP) is 2.68. The van der Waals surface area contributed by atoms with E-state index in [0.717, 1.165) is 14.4 Å². The summed E-state index contributed by atoms with van der Waals surface area (Å²) in [5.74, 6) is -1.32. The summed E-state index contributed by atoms with van der Waals surface area (Å²) in [7, 11) is -2.41. The molecule has 0 fully saturated rings. The fourth-order valence-electron chi connectivity index (χ4n) is 2.80. The Kier molecular flexibility index (Phi) is 5.78. The van der Waals surface area contributed by atoms with Crippen LogP contribution in [0.1, 0.15) is 18.9 Å². The molecule has 1 aromatic heterocycles. The lowest BCUT2D eigenvalue weighted by molar-refractivity contribution is -0.144. The summed E-state index contributed by atoms with van der Waals surface area (Å²) in [6, 6.07) is 11.2. The van der Waals surface area contributed by atoms with Crippen LogP contribution in [0.15, 0.2) is 56.6 Å². The van der Waals surface area contributed by atoms with Gasteiger partial charge >= 0.3 is 11.7 Å². The highest BCUT2D eigenvalue weighted by Crippen LogP contribution is 2.25. The number of hydrogen-bond acceptors (Lipinski definition) is 6. The third-order valence-electron chi connectivity index (χ3n) is 4.45. The minimum absolute atomic E-state index is 0.0254. The van der Waals surface area contributed by atoms with Crippen LogP contribution in [0.2, 0.25) is 0 Å². The lowest BCUT2D eigenvalue weighted by Gasteiger charge is -2.19. The number of sulfonamides is 1. The molecule has 0 saturated heterocycles. The van der Waals surface area contributed by atoms with Gasteiger partial charge in [0.05, 0.1) is 22.7 Å². The molecule has 0 unspecified atom stereocenters. The van der Waals surface area contributed by atoms with Crippen LogP contribution < -0.4 is 10.1 Å². The molecule has 0 spiro atoms. The van der Waals surface area contributed by atoms with E-state index in [9.17, 15) is 18.0 Å². The first-order valence-corrected chi connectivity index (χ1v) is 10.5. The number of benzene rings is 2. The van der Waals surface area contributed by atoms with E-state index in [-0.39, 0.29) is 23.6 Å². The van der Waals surface area contributed by atoms with Crippen LogP contribution in [-0.2, 0) is 26.1 Å². The minimum atomic E-state index is -3.86. The van der Waals surface area contributed by atoms with E-state index in [2.05, 4.69) is 0 Å². The highest BCUT2D eigenvalue weighted by molar-refractivity contribution is 7.92. The fraction of sp³-hybridized carbons (Fsp3) is 0.300. The van der Waals surface area contributed by atoms with E-state index in [4.69, 9.17) is 9.15 Å². The SMILES string of the molecule is CCCOC(=O)Cn1c(=O)oc2cc(S(=O)(=O)N(C)c3ccc(C)cc3)ccc21. The van der Waals surface area contributed by atoms with Gasteiger partial charge in [-0.3, -0.25) is 13.7 Å². The second kappa shape index (κ2) is 8.12. The lowest BCUT2D eigenvalue weighted by Crippen LogP contribution is -2.26. The molecule has 0 aliphatic carbocycles. The number of aryl methyl sites for hydroxylation is 1. The van der Waals surface area contributed by atoms with Crippen molar-refractivity contribution in [1.82, 2.24) is 4.57 Å². The van der Waals surface area contributed by atoms with Crippen LogP contribution in [0.3, 0.4) is 0 Å². The third-order valence-corrected chi connectivity index (χ3v) is 6.23. The summed E-state index contributed by atoms with van der Waals surface area (Å²) < 4.78 is 38.4. The van der Waals surface area contributed by atoms with Gasteiger partial charge in [-0.05, 0) is 37.6 Å². The Labute approximate surface area is 168 Å². The summed E-state index contributed by atoms with van der Waals surface area (Å²) in [5, 5.41) is 0. The number of ether oxygens (including phenoxy) is 1. The smallest absolute Gasteiger partial charge is 0.420 e. The van der Waals surface area contributed by atoms with Crippen molar-refractivity contribution in [3.63, 3.8) is 0 Å². The molecular weight excluding hydrogens is 396 g/mol. The Morgan fingerprint density at radius 1 is 1.17 bits per heavy atom. The zero-order valence-electron chi connectivity index (χ0n) is 16.4. The molecular formula is C20H22N2O6S. The number of carbonyl (C=O) groups excluding carboxylic acids is 1. The van der Waals surface area contributed by atoms with Crippen molar-refractivity contribution in [3.05, 3.63) is 58.6 Å². The average Bonchev–Trinajstić information content (AvgIpc) is 3.00. The molecule has 29 heavy (non-hydrogen) atoms. The van der Waals surface area contributed by atoms with E-state index in [0.29, 0.717) is 17.6 Å². The molecule has 3 aromatic rings. The van der Waals surface area contributed by atoms with Gasteiger partial charge in [0, 0.05) is 13.1 Å². The Morgan fingerprint density at radius 3 is 2.52 bits per heavy atom. The van der Waals surface area contributed by atoms with Gasteiger partial charge in [-0.25, -0.2) is 13.2 Å². The van der Waals surface area contributed by atoms with Gasteiger partial charge in [0.15, 0.2) is 5.58 Å². The molecule has 3 rings (SSSR count). The summed E-state index contributed by atoms with van der Waals surface area (Å²) in [4.78, 5) is 23.9. The quantitative estimate of drug-likeness (QED) is 0.547. The van der Waals surface area contributed by atoms with Gasteiger partial charge < -0.3 is 9.15 Å². The van der Waals surface area contributed by atoms with Gasteiger partial charge in [0.1, 0.15) is 6.54 Å².